The van der Waals surface area contributed by atoms with Gasteiger partial charge in [0.1, 0.15) is 5.75 Å². The summed E-state index contributed by atoms with van der Waals surface area (Å²) in [4.78, 5) is 11.8. The van der Waals surface area contributed by atoms with Gasteiger partial charge in [0.2, 0.25) is 10.0 Å². The molecule has 1 saturated heterocycles. The van der Waals surface area contributed by atoms with E-state index in [9.17, 15) is 13.2 Å². The van der Waals surface area contributed by atoms with E-state index in [0.717, 1.165) is 0 Å². The summed E-state index contributed by atoms with van der Waals surface area (Å²) in [7, 11) is -1.83. The standard InChI is InChI=1S/C14H21N3O5S/c1-21-13-4-2-3-12(11-13)16-14(18)15-5-10-23(19,20)17-6-8-22-9-7-17/h2-4,11H,5-10H2,1H3,(H2,15,16,18). The van der Waals surface area contributed by atoms with Crippen molar-refractivity contribution in [3.05, 3.63) is 24.3 Å². The summed E-state index contributed by atoms with van der Waals surface area (Å²) in [6, 6.07) is 6.43. The molecule has 1 aromatic carbocycles. The van der Waals surface area contributed by atoms with Crippen LogP contribution in [0.5, 0.6) is 5.75 Å². The molecule has 1 aliphatic rings. The van der Waals surface area contributed by atoms with Crippen LogP contribution in [0.2, 0.25) is 0 Å². The molecule has 0 aromatic heterocycles. The first-order valence-corrected chi connectivity index (χ1v) is 8.86. The Kier molecular flexibility index (Phi) is 6.20. The highest BCUT2D eigenvalue weighted by Gasteiger charge is 2.23. The average molecular weight is 343 g/mol. The Bertz CT molecular complexity index is 629. The molecule has 0 atom stereocenters. The van der Waals surface area contributed by atoms with Gasteiger partial charge in [-0.2, -0.15) is 4.31 Å². The Morgan fingerprint density at radius 1 is 1.35 bits per heavy atom. The van der Waals surface area contributed by atoms with Crippen LogP contribution < -0.4 is 15.4 Å². The van der Waals surface area contributed by atoms with Crippen LogP contribution in [0, 0.1) is 0 Å². The van der Waals surface area contributed by atoms with Crippen LogP contribution >= 0.6 is 0 Å². The molecule has 0 radical (unpaired) electrons. The number of urea groups is 1. The van der Waals surface area contributed by atoms with Crippen molar-refractivity contribution in [2.45, 2.75) is 0 Å². The Labute approximate surface area is 135 Å². The molecular weight excluding hydrogens is 322 g/mol. The van der Waals surface area contributed by atoms with Crippen molar-refractivity contribution in [1.82, 2.24) is 9.62 Å². The van der Waals surface area contributed by atoms with E-state index < -0.39 is 16.1 Å². The molecule has 23 heavy (non-hydrogen) atoms. The summed E-state index contributed by atoms with van der Waals surface area (Å²) in [5, 5.41) is 5.16. The average Bonchev–Trinajstić information content (AvgIpc) is 2.55. The number of hydrogen-bond donors (Lipinski definition) is 2. The van der Waals surface area contributed by atoms with Crippen LogP contribution in [-0.2, 0) is 14.8 Å². The van der Waals surface area contributed by atoms with E-state index in [0.29, 0.717) is 37.7 Å². The number of methoxy groups -OCH3 is 1. The Hall–Kier alpha value is -1.84. The predicted octanol–water partition coefficient (Wildman–Crippen LogP) is 0.479. The number of nitrogens with one attached hydrogen (secondary N) is 2. The first-order valence-electron chi connectivity index (χ1n) is 7.26. The van der Waals surface area contributed by atoms with E-state index in [2.05, 4.69) is 10.6 Å². The molecule has 0 unspecified atom stereocenters. The van der Waals surface area contributed by atoms with Gasteiger partial charge < -0.3 is 20.1 Å². The highest BCUT2D eigenvalue weighted by Crippen LogP contribution is 2.16. The first-order chi connectivity index (χ1) is 11.0. The largest absolute Gasteiger partial charge is 0.497 e. The van der Waals surface area contributed by atoms with Gasteiger partial charge >= 0.3 is 6.03 Å². The molecule has 8 nitrogen and oxygen atoms in total. The zero-order valence-electron chi connectivity index (χ0n) is 12.9. The second-order valence-corrected chi connectivity index (χ2v) is 7.03. The molecule has 2 rings (SSSR count). The molecule has 0 saturated carbocycles. The third kappa shape index (κ3) is 5.38. The van der Waals surface area contributed by atoms with Gasteiger partial charge in [-0.25, -0.2) is 13.2 Å². The van der Waals surface area contributed by atoms with Crippen LogP contribution in [0.4, 0.5) is 10.5 Å². The second kappa shape index (κ2) is 8.14. The lowest BCUT2D eigenvalue weighted by Crippen LogP contribution is -2.44. The maximum absolute atomic E-state index is 12.1. The maximum Gasteiger partial charge on any atom is 0.319 e. The van der Waals surface area contributed by atoms with E-state index in [-0.39, 0.29) is 12.3 Å². The monoisotopic (exact) mass is 343 g/mol. The fraction of sp³-hybridized carbons (Fsp3) is 0.500. The van der Waals surface area contributed by atoms with Crippen LogP contribution in [-0.4, -0.2) is 64.5 Å². The lowest BCUT2D eigenvalue weighted by molar-refractivity contribution is 0.0730. The number of ether oxygens (including phenoxy) is 2. The minimum Gasteiger partial charge on any atom is -0.497 e. The Morgan fingerprint density at radius 2 is 2.09 bits per heavy atom. The van der Waals surface area contributed by atoms with Crippen LogP contribution in [0.25, 0.3) is 0 Å². The van der Waals surface area contributed by atoms with E-state index in [1.165, 1.54) is 11.4 Å². The molecule has 9 heteroatoms. The summed E-state index contributed by atoms with van der Waals surface area (Å²) in [6.45, 7) is 1.57. The van der Waals surface area contributed by atoms with Crippen molar-refractivity contribution < 1.29 is 22.7 Å². The zero-order chi connectivity index (χ0) is 16.7. The molecule has 0 aliphatic carbocycles. The van der Waals surface area contributed by atoms with Crippen LogP contribution in [0.1, 0.15) is 0 Å². The third-order valence-electron chi connectivity index (χ3n) is 3.34. The van der Waals surface area contributed by atoms with E-state index in [1.807, 2.05) is 0 Å². The van der Waals surface area contributed by atoms with Crippen LogP contribution in [0.15, 0.2) is 24.3 Å². The minimum absolute atomic E-state index is 0.0372. The van der Waals surface area contributed by atoms with Gasteiger partial charge in [0.15, 0.2) is 0 Å². The molecule has 0 bridgehead atoms. The van der Waals surface area contributed by atoms with Gasteiger partial charge in [-0.05, 0) is 12.1 Å². The summed E-state index contributed by atoms with van der Waals surface area (Å²) in [5.41, 5.74) is 0.567. The Balaban J connectivity index is 1.77. The number of nitrogens with zero attached hydrogens (tertiary/aromatic N) is 1. The number of amides is 2. The predicted molar refractivity (Wildman–Crippen MR) is 86.2 cm³/mol. The van der Waals surface area contributed by atoms with Crippen LogP contribution in [0.3, 0.4) is 0 Å². The maximum atomic E-state index is 12.1. The van der Waals surface area contributed by atoms with E-state index >= 15 is 0 Å². The molecule has 1 fully saturated rings. The topological polar surface area (TPSA) is 97.0 Å². The number of sulfonamides is 1. The van der Waals surface area contributed by atoms with Crippen molar-refractivity contribution in [3.8, 4) is 5.75 Å². The van der Waals surface area contributed by atoms with Gasteiger partial charge in [-0.3, -0.25) is 0 Å². The third-order valence-corrected chi connectivity index (χ3v) is 5.21. The highest BCUT2D eigenvalue weighted by atomic mass is 32.2. The molecule has 1 aliphatic heterocycles. The molecule has 2 N–H and O–H groups in total. The summed E-state index contributed by atoms with van der Waals surface area (Å²) >= 11 is 0. The molecule has 2 amide bonds. The van der Waals surface area contributed by atoms with E-state index in [1.54, 1.807) is 24.3 Å². The number of rotatable bonds is 6. The zero-order valence-corrected chi connectivity index (χ0v) is 13.8. The molecule has 128 valence electrons. The lowest BCUT2D eigenvalue weighted by Gasteiger charge is -2.26. The smallest absolute Gasteiger partial charge is 0.319 e. The summed E-state index contributed by atoms with van der Waals surface area (Å²) < 4.78 is 35.8. The number of carbonyl (C=O) groups is 1. The molecule has 1 aromatic rings. The highest BCUT2D eigenvalue weighted by molar-refractivity contribution is 7.89. The minimum atomic E-state index is -3.37. The normalized spacial score (nSPS) is 15.9. The van der Waals surface area contributed by atoms with Gasteiger partial charge in [0, 0.05) is 31.4 Å². The fourth-order valence-electron chi connectivity index (χ4n) is 2.12. The van der Waals surface area contributed by atoms with Gasteiger partial charge in [-0.1, -0.05) is 6.07 Å². The lowest BCUT2D eigenvalue weighted by atomic mass is 10.3. The quantitative estimate of drug-likeness (QED) is 0.783. The van der Waals surface area contributed by atoms with Crippen molar-refractivity contribution in [1.29, 1.82) is 0 Å². The van der Waals surface area contributed by atoms with Crippen molar-refractivity contribution in [2.24, 2.45) is 0 Å². The first kappa shape index (κ1) is 17.5. The molecule has 0 spiro atoms. The van der Waals surface area contributed by atoms with Crippen molar-refractivity contribution in [3.63, 3.8) is 0 Å². The summed E-state index contributed by atoms with van der Waals surface area (Å²) in [6.07, 6.45) is 0. The number of benzene rings is 1. The number of anilines is 1. The number of carbonyl (C=O) groups excluding carboxylic acids is 1. The number of morpholine rings is 1. The van der Waals surface area contributed by atoms with Crippen molar-refractivity contribution >= 4 is 21.7 Å². The molecular formula is C14H21N3O5S. The van der Waals surface area contributed by atoms with Gasteiger partial charge in [0.25, 0.3) is 0 Å². The fourth-order valence-corrected chi connectivity index (χ4v) is 3.45. The summed E-state index contributed by atoms with van der Waals surface area (Å²) in [5.74, 6) is 0.483. The molecule has 1 heterocycles. The SMILES string of the molecule is COc1cccc(NC(=O)NCCS(=O)(=O)N2CCOCC2)c1. The second-order valence-electron chi connectivity index (χ2n) is 4.94. The van der Waals surface area contributed by atoms with E-state index in [4.69, 9.17) is 9.47 Å². The van der Waals surface area contributed by atoms with Gasteiger partial charge in [-0.15, -0.1) is 0 Å². The van der Waals surface area contributed by atoms with Crippen molar-refractivity contribution in [2.75, 3.05) is 51.0 Å². The number of hydrogen-bond acceptors (Lipinski definition) is 5. The Morgan fingerprint density at radius 3 is 2.78 bits per heavy atom. The van der Waals surface area contributed by atoms with Gasteiger partial charge in [0.05, 0.1) is 26.1 Å².